The predicted octanol–water partition coefficient (Wildman–Crippen LogP) is 1.68. The number of methoxy groups -OCH3 is 1. The maximum absolute atomic E-state index is 11.5. The summed E-state index contributed by atoms with van der Waals surface area (Å²) in [5, 5.41) is 9.72. The van der Waals surface area contributed by atoms with Crippen LogP contribution in [0.1, 0.15) is 29.3 Å². The number of carbonyl (C=O) groups is 1. The molecule has 0 amide bonds. The number of piperidine rings is 1. The first-order chi connectivity index (χ1) is 9.10. The fourth-order valence-corrected chi connectivity index (χ4v) is 2.54. The predicted molar refractivity (Wildman–Crippen MR) is 72.8 cm³/mol. The summed E-state index contributed by atoms with van der Waals surface area (Å²) >= 11 is 0. The molecule has 0 aliphatic carbocycles. The molecule has 2 unspecified atom stereocenters. The first kappa shape index (κ1) is 14.0. The Balaban J connectivity index is 2.01. The highest BCUT2D eigenvalue weighted by atomic mass is 16.5. The molecule has 1 aromatic rings. The molecule has 1 heterocycles. The summed E-state index contributed by atoms with van der Waals surface area (Å²) in [5.74, 6) is 0.00169. The number of rotatable bonds is 3. The van der Waals surface area contributed by atoms with Crippen molar-refractivity contribution in [2.75, 3.05) is 20.2 Å². The molecular formula is C15H21NO3. The van der Waals surface area contributed by atoms with Crippen LogP contribution in [0.15, 0.2) is 24.3 Å². The maximum atomic E-state index is 11.5. The van der Waals surface area contributed by atoms with Gasteiger partial charge >= 0.3 is 5.97 Å². The minimum absolute atomic E-state index is 0.183. The van der Waals surface area contributed by atoms with Crippen LogP contribution in [0, 0.1) is 5.92 Å². The topological polar surface area (TPSA) is 49.8 Å². The van der Waals surface area contributed by atoms with Gasteiger partial charge in [0.2, 0.25) is 0 Å². The third-order valence-corrected chi connectivity index (χ3v) is 3.70. The van der Waals surface area contributed by atoms with E-state index in [1.165, 1.54) is 7.11 Å². The van der Waals surface area contributed by atoms with Crippen LogP contribution >= 0.6 is 0 Å². The van der Waals surface area contributed by atoms with E-state index in [2.05, 4.69) is 11.8 Å². The highest BCUT2D eigenvalue weighted by molar-refractivity contribution is 5.89. The number of ether oxygens (including phenoxy) is 1. The summed E-state index contributed by atoms with van der Waals surface area (Å²) < 4.78 is 4.73. The fourth-order valence-electron chi connectivity index (χ4n) is 2.54. The Hall–Kier alpha value is -1.39. The fraction of sp³-hybridized carbons (Fsp3) is 0.533. The van der Waals surface area contributed by atoms with Gasteiger partial charge in [-0.2, -0.15) is 0 Å². The van der Waals surface area contributed by atoms with Crippen molar-refractivity contribution in [2.45, 2.75) is 26.0 Å². The van der Waals surface area contributed by atoms with Crippen molar-refractivity contribution < 1.29 is 14.6 Å². The van der Waals surface area contributed by atoms with Crippen molar-refractivity contribution >= 4 is 5.97 Å². The van der Waals surface area contributed by atoms with E-state index >= 15 is 0 Å². The number of aliphatic hydroxyl groups is 1. The Morgan fingerprint density at radius 3 is 3.00 bits per heavy atom. The summed E-state index contributed by atoms with van der Waals surface area (Å²) in [6.07, 6.45) is 0.635. The van der Waals surface area contributed by atoms with Crippen LogP contribution < -0.4 is 0 Å². The summed E-state index contributed by atoms with van der Waals surface area (Å²) in [7, 11) is 1.39. The number of nitrogens with zero attached hydrogens (tertiary/aromatic N) is 1. The summed E-state index contributed by atoms with van der Waals surface area (Å²) in [6, 6.07) is 7.53. The lowest BCUT2D eigenvalue weighted by molar-refractivity contribution is 0.0320. The molecule has 2 rings (SSSR count). The molecule has 1 aromatic carbocycles. The van der Waals surface area contributed by atoms with Crippen LogP contribution in [0.25, 0.3) is 0 Å². The zero-order chi connectivity index (χ0) is 13.8. The van der Waals surface area contributed by atoms with Gasteiger partial charge in [0.25, 0.3) is 0 Å². The van der Waals surface area contributed by atoms with Gasteiger partial charge in [0.05, 0.1) is 18.8 Å². The number of carbonyl (C=O) groups excluding carboxylic acids is 1. The van der Waals surface area contributed by atoms with Gasteiger partial charge < -0.3 is 9.84 Å². The molecule has 1 N–H and O–H groups in total. The molecule has 1 fully saturated rings. The molecule has 0 bridgehead atoms. The van der Waals surface area contributed by atoms with E-state index in [4.69, 9.17) is 4.74 Å². The van der Waals surface area contributed by atoms with E-state index in [9.17, 15) is 9.90 Å². The third-order valence-electron chi connectivity index (χ3n) is 3.70. The monoisotopic (exact) mass is 263 g/mol. The molecule has 1 aliphatic heterocycles. The van der Waals surface area contributed by atoms with Crippen molar-refractivity contribution in [3.8, 4) is 0 Å². The second kappa shape index (κ2) is 6.17. The lowest BCUT2D eigenvalue weighted by Crippen LogP contribution is -2.41. The van der Waals surface area contributed by atoms with Crippen molar-refractivity contribution in [3.05, 3.63) is 35.4 Å². The van der Waals surface area contributed by atoms with Gasteiger partial charge in [0, 0.05) is 19.6 Å². The Labute approximate surface area is 114 Å². The van der Waals surface area contributed by atoms with Crippen molar-refractivity contribution in [2.24, 2.45) is 5.92 Å². The molecule has 4 heteroatoms. The minimum atomic E-state index is -0.302. The van der Waals surface area contributed by atoms with E-state index in [1.54, 1.807) is 6.07 Å². The normalized spacial score (nSPS) is 24.2. The lowest BCUT2D eigenvalue weighted by Gasteiger charge is -2.34. The van der Waals surface area contributed by atoms with Gasteiger partial charge in [-0.05, 0) is 30.0 Å². The van der Waals surface area contributed by atoms with Crippen LogP contribution in [0.2, 0.25) is 0 Å². The van der Waals surface area contributed by atoms with Gasteiger partial charge in [-0.25, -0.2) is 4.79 Å². The molecule has 2 atom stereocenters. The van der Waals surface area contributed by atoms with Crippen molar-refractivity contribution in [1.29, 1.82) is 0 Å². The quantitative estimate of drug-likeness (QED) is 0.843. The van der Waals surface area contributed by atoms with Gasteiger partial charge in [0.15, 0.2) is 0 Å². The number of aliphatic hydroxyl groups excluding tert-OH is 1. The second-order valence-corrected chi connectivity index (χ2v) is 5.26. The molecule has 0 spiro atoms. The van der Waals surface area contributed by atoms with E-state index < -0.39 is 0 Å². The van der Waals surface area contributed by atoms with Crippen LogP contribution in [-0.4, -0.2) is 42.3 Å². The van der Waals surface area contributed by atoms with Crippen molar-refractivity contribution in [3.63, 3.8) is 0 Å². The van der Waals surface area contributed by atoms with Crippen LogP contribution in [0.5, 0.6) is 0 Å². The van der Waals surface area contributed by atoms with Crippen LogP contribution in [0.3, 0.4) is 0 Å². The largest absolute Gasteiger partial charge is 0.465 e. The lowest BCUT2D eigenvalue weighted by atomic mass is 9.96. The zero-order valence-electron chi connectivity index (χ0n) is 11.5. The third kappa shape index (κ3) is 3.55. The summed E-state index contributed by atoms with van der Waals surface area (Å²) in [6.45, 7) is 4.67. The molecule has 19 heavy (non-hydrogen) atoms. The Morgan fingerprint density at radius 2 is 2.32 bits per heavy atom. The molecule has 0 radical (unpaired) electrons. The molecule has 1 saturated heterocycles. The smallest absolute Gasteiger partial charge is 0.337 e. The molecule has 104 valence electrons. The molecule has 4 nitrogen and oxygen atoms in total. The second-order valence-electron chi connectivity index (χ2n) is 5.26. The molecule has 0 saturated carbocycles. The van der Waals surface area contributed by atoms with E-state index in [1.807, 2.05) is 18.2 Å². The minimum Gasteiger partial charge on any atom is -0.465 e. The molecular weight excluding hydrogens is 242 g/mol. The standard InChI is InChI=1S/C15H21NO3/c1-11-9-16(7-6-14(11)17)10-12-4-3-5-13(8-12)15(18)19-2/h3-5,8,11,14,17H,6-7,9-10H2,1-2H3. The number of benzene rings is 1. The number of esters is 1. The Morgan fingerprint density at radius 1 is 1.53 bits per heavy atom. The number of hydrogen-bond acceptors (Lipinski definition) is 4. The average Bonchev–Trinajstić information content (AvgIpc) is 2.42. The average molecular weight is 263 g/mol. The highest BCUT2D eigenvalue weighted by Gasteiger charge is 2.24. The molecule has 1 aliphatic rings. The first-order valence-corrected chi connectivity index (χ1v) is 6.68. The summed E-state index contributed by atoms with van der Waals surface area (Å²) in [5.41, 5.74) is 1.69. The summed E-state index contributed by atoms with van der Waals surface area (Å²) in [4.78, 5) is 13.8. The van der Waals surface area contributed by atoms with Crippen LogP contribution in [0.4, 0.5) is 0 Å². The Kier molecular flexibility index (Phi) is 4.56. The number of likely N-dealkylation sites (tertiary alicyclic amines) is 1. The van der Waals surface area contributed by atoms with Crippen molar-refractivity contribution in [1.82, 2.24) is 4.90 Å². The van der Waals surface area contributed by atoms with Gasteiger partial charge in [0.1, 0.15) is 0 Å². The van der Waals surface area contributed by atoms with E-state index in [0.29, 0.717) is 11.5 Å². The molecule has 0 aromatic heterocycles. The van der Waals surface area contributed by atoms with Gasteiger partial charge in [-0.1, -0.05) is 19.1 Å². The van der Waals surface area contributed by atoms with E-state index in [0.717, 1.165) is 31.6 Å². The Bertz CT molecular complexity index is 447. The number of hydrogen-bond donors (Lipinski definition) is 1. The van der Waals surface area contributed by atoms with E-state index in [-0.39, 0.29) is 12.1 Å². The van der Waals surface area contributed by atoms with Gasteiger partial charge in [-0.15, -0.1) is 0 Å². The SMILES string of the molecule is COC(=O)c1cccc(CN2CCC(O)C(C)C2)c1. The van der Waals surface area contributed by atoms with Gasteiger partial charge in [-0.3, -0.25) is 4.90 Å². The first-order valence-electron chi connectivity index (χ1n) is 6.68. The zero-order valence-corrected chi connectivity index (χ0v) is 11.5. The highest BCUT2D eigenvalue weighted by Crippen LogP contribution is 2.19. The maximum Gasteiger partial charge on any atom is 0.337 e. The van der Waals surface area contributed by atoms with Crippen LogP contribution in [-0.2, 0) is 11.3 Å².